The lowest BCUT2D eigenvalue weighted by Gasteiger charge is -1.95. The van der Waals surface area contributed by atoms with Gasteiger partial charge in [-0.15, -0.1) is 0 Å². The van der Waals surface area contributed by atoms with Gasteiger partial charge in [0, 0.05) is 0 Å². The smallest absolute Gasteiger partial charge is 0.193 e. The van der Waals surface area contributed by atoms with E-state index in [0.717, 1.165) is 12.8 Å². The molecule has 67 valence electrons. The number of unbranched alkanes of at least 4 members (excludes halogenated alkanes) is 3. The van der Waals surface area contributed by atoms with Crippen LogP contribution in [0.25, 0.3) is 0 Å². The summed E-state index contributed by atoms with van der Waals surface area (Å²) < 4.78 is 4.97. The highest BCUT2D eigenvalue weighted by atomic mass is 35.5. The van der Waals surface area contributed by atoms with Crippen LogP contribution in [0.4, 0.5) is 0 Å². The zero-order valence-electron chi connectivity index (χ0n) is 7.18. The first-order valence-electron chi connectivity index (χ1n) is 4.35. The predicted molar refractivity (Wildman–Crippen MR) is 51.2 cm³/mol. The fraction of sp³-hybridized carbons (Fsp3) is 0.500. The fourth-order valence-corrected chi connectivity index (χ4v) is 1.34. The number of hydrogen-bond acceptors (Lipinski definition) is 1. The summed E-state index contributed by atoms with van der Waals surface area (Å²) in [6, 6.07) is 1.88. The Morgan fingerprint density at radius 3 is 2.75 bits per heavy atom. The van der Waals surface area contributed by atoms with Gasteiger partial charge in [-0.1, -0.05) is 26.2 Å². The van der Waals surface area contributed by atoms with Crippen LogP contribution in [-0.2, 0) is 6.42 Å². The Morgan fingerprint density at radius 2 is 2.17 bits per heavy atom. The monoisotopic (exact) mass is 185 g/mol. The minimum absolute atomic E-state index is 0.488. The zero-order chi connectivity index (χ0) is 8.81. The van der Waals surface area contributed by atoms with Crippen molar-refractivity contribution in [2.75, 3.05) is 0 Å². The average Bonchev–Trinajstić information content (AvgIpc) is 2.45. The third-order valence-corrected chi connectivity index (χ3v) is 2.04. The molecule has 1 aromatic heterocycles. The van der Waals surface area contributed by atoms with Gasteiger partial charge in [0.15, 0.2) is 5.22 Å². The summed E-state index contributed by atoms with van der Waals surface area (Å²) in [7, 11) is 0. The molecule has 0 amide bonds. The molecule has 0 aliphatic carbocycles. The van der Waals surface area contributed by atoms with Gasteiger partial charge < -0.3 is 4.42 Å². The van der Waals surface area contributed by atoms with Crippen molar-refractivity contribution < 1.29 is 4.42 Å². The SMILES string of the molecule is [CH2]CCCCCc1coc(Cl)c1. The molecule has 1 heterocycles. The molecule has 0 aliphatic heterocycles. The first-order valence-corrected chi connectivity index (χ1v) is 4.73. The van der Waals surface area contributed by atoms with Crippen molar-refractivity contribution in [3.05, 3.63) is 30.0 Å². The lowest BCUT2D eigenvalue weighted by molar-refractivity contribution is 0.564. The number of furan rings is 1. The molecule has 0 bridgehead atoms. The fourth-order valence-electron chi connectivity index (χ4n) is 1.16. The largest absolute Gasteiger partial charge is 0.453 e. The molecule has 1 rings (SSSR count). The van der Waals surface area contributed by atoms with Crippen LogP contribution in [0.2, 0.25) is 5.22 Å². The Bertz CT molecular complexity index is 217. The molecule has 0 saturated heterocycles. The van der Waals surface area contributed by atoms with Crippen molar-refractivity contribution in [3.63, 3.8) is 0 Å². The molecular weight excluding hydrogens is 172 g/mol. The van der Waals surface area contributed by atoms with Crippen LogP contribution in [0.1, 0.15) is 31.2 Å². The molecule has 0 fully saturated rings. The molecule has 12 heavy (non-hydrogen) atoms. The molecule has 1 nitrogen and oxygen atoms in total. The van der Waals surface area contributed by atoms with E-state index in [1.54, 1.807) is 6.26 Å². The highest BCUT2D eigenvalue weighted by Crippen LogP contribution is 2.15. The maximum Gasteiger partial charge on any atom is 0.193 e. The molecule has 1 radical (unpaired) electrons. The molecule has 0 unspecified atom stereocenters. The van der Waals surface area contributed by atoms with E-state index in [0.29, 0.717) is 5.22 Å². The van der Waals surface area contributed by atoms with E-state index in [4.69, 9.17) is 16.0 Å². The topological polar surface area (TPSA) is 13.1 Å². The summed E-state index contributed by atoms with van der Waals surface area (Å²) in [5.41, 5.74) is 1.20. The Labute approximate surface area is 78.7 Å². The van der Waals surface area contributed by atoms with Gasteiger partial charge in [-0.3, -0.25) is 0 Å². The van der Waals surface area contributed by atoms with E-state index in [2.05, 4.69) is 6.92 Å². The van der Waals surface area contributed by atoms with Gasteiger partial charge in [0.25, 0.3) is 0 Å². The quantitative estimate of drug-likeness (QED) is 0.635. The zero-order valence-corrected chi connectivity index (χ0v) is 7.94. The second kappa shape index (κ2) is 5.26. The van der Waals surface area contributed by atoms with Crippen molar-refractivity contribution in [3.8, 4) is 0 Å². The normalized spacial score (nSPS) is 10.5. The van der Waals surface area contributed by atoms with Crippen molar-refractivity contribution in [1.82, 2.24) is 0 Å². The van der Waals surface area contributed by atoms with Gasteiger partial charge in [0.2, 0.25) is 0 Å². The van der Waals surface area contributed by atoms with Crippen molar-refractivity contribution >= 4 is 11.6 Å². The van der Waals surface area contributed by atoms with Crippen molar-refractivity contribution in [2.24, 2.45) is 0 Å². The highest BCUT2D eigenvalue weighted by molar-refractivity contribution is 6.28. The first kappa shape index (κ1) is 9.66. The van der Waals surface area contributed by atoms with E-state index in [1.807, 2.05) is 6.07 Å². The third-order valence-electron chi connectivity index (χ3n) is 1.84. The minimum Gasteiger partial charge on any atom is -0.453 e. The number of aryl methyl sites for hydroxylation is 1. The van der Waals surface area contributed by atoms with Crippen LogP contribution in [0.15, 0.2) is 16.7 Å². The molecule has 0 atom stereocenters. The highest BCUT2D eigenvalue weighted by Gasteiger charge is 1.97. The molecular formula is C10H14ClO. The number of rotatable bonds is 5. The lowest BCUT2D eigenvalue weighted by Crippen LogP contribution is -1.81. The van der Waals surface area contributed by atoms with E-state index in [-0.39, 0.29) is 0 Å². The summed E-state index contributed by atoms with van der Waals surface area (Å²) in [6.45, 7) is 3.79. The minimum atomic E-state index is 0.488. The summed E-state index contributed by atoms with van der Waals surface area (Å²) in [6.07, 6.45) is 7.48. The van der Waals surface area contributed by atoms with Gasteiger partial charge in [-0.25, -0.2) is 0 Å². The predicted octanol–water partition coefficient (Wildman–Crippen LogP) is 3.87. The Kier molecular flexibility index (Phi) is 4.23. The average molecular weight is 186 g/mol. The van der Waals surface area contributed by atoms with Gasteiger partial charge >= 0.3 is 0 Å². The Balaban J connectivity index is 2.15. The van der Waals surface area contributed by atoms with Crippen molar-refractivity contribution in [2.45, 2.75) is 32.1 Å². The van der Waals surface area contributed by atoms with Gasteiger partial charge in [0.05, 0.1) is 6.26 Å². The van der Waals surface area contributed by atoms with Crippen LogP contribution in [0.5, 0.6) is 0 Å². The van der Waals surface area contributed by atoms with Crippen LogP contribution < -0.4 is 0 Å². The van der Waals surface area contributed by atoms with E-state index < -0.39 is 0 Å². The van der Waals surface area contributed by atoms with E-state index in [1.165, 1.54) is 24.8 Å². The maximum absolute atomic E-state index is 5.62. The van der Waals surface area contributed by atoms with Crippen molar-refractivity contribution in [1.29, 1.82) is 0 Å². The van der Waals surface area contributed by atoms with Gasteiger partial charge in [-0.05, 0) is 36.1 Å². The van der Waals surface area contributed by atoms with Crippen LogP contribution in [0.3, 0.4) is 0 Å². The van der Waals surface area contributed by atoms with Gasteiger partial charge in [-0.2, -0.15) is 0 Å². The van der Waals surface area contributed by atoms with E-state index >= 15 is 0 Å². The molecule has 2 heteroatoms. The molecule has 0 saturated carbocycles. The van der Waals surface area contributed by atoms with Crippen LogP contribution >= 0.6 is 11.6 Å². The summed E-state index contributed by atoms with van der Waals surface area (Å²) in [5, 5.41) is 0.488. The third kappa shape index (κ3) is 3.31. The molecule has 0 spiro atoms. The van der Waals surface area contributed by atoms with Crippen LogP contribution in [0, 0.1) is 6.92 Å². The number of hydrogen-bond donors (Lipinski definition) is 0. The number of halogens is 1. The Hall–Kier alpha value is -0.430. The molecule has 0 N–H and O–H groups in total. The summed E-state index contributed by atoms with van der Waals surface area (Å²) >= 11 is 5.62. The van der Waals surface area contributed by atoms with Crippen LogP contribution in [-0.4, -0.2) is 0 Å². The second-order valence-corrected chi connectivity index (χ2v) is 3.30. The maximum atomic E-state index is 5.62. The standard InChI is InChI=1S/C10H14ClO/c1-2-3-4-5-6-9-7-10(11)12-8-9/h7-8H,1-6H2. The molecule has 0 aromatic carbocycles. The van der Waals surface area contributed by atoms with E-state index in [9.17, 15) is 0 Å². The Morgan fingerprint density at radius 1 is 1.33 bits per heavy atom. The first-order chi connectivity index (χ1) is 5.83. The molecule has 1 aromatic rings. The molecule has 0 aliphatic rings. The lowest BCUT2D eigenvalue weighted by atomic mass is 10.1. The second-order valence-electron chi connectivity index (χ2n) is 2.92. The van der Waals surface area contributed by atoms with Gasteiger partial charge in [0.1, 0.15) is 0 Å². The summed E-state index contributed by atoms with van der Waals surface area (Å²) in [5.74, 6) is 0. The summed E-state index contributed by atoms with van der Waals surface area (Å²) in [4.78, 5) is 0.